The molecular formula is C13H14ClNO4S3. The second-order valence-electron chi connectivity index (χ2n) is 4.71. The lowest BCUT2D eigenvalue weighted by molar-refractivity contribution is 0.469. The molecule has 0 saturated carbocycles. The molecule has 1 aromatic carbocycles. The molecule has 0 unspecified atom stereocenters. The van der Waals surface area contributed by atoms with Crippen LogP contribution >= 0.6 is 22.9 Å². The zero-order valence-electron chi connectivity index (χ0n) is 11.9. The van der Waals surface area contributed by atoms with Crippen molar-refractivity contribution in [3.8, 4) is 0 Å². The monoisotopic (exact) mass is 379 g/mol. The highest BCUT2D eigenvalue weighted by Crippen LogP contribution is 2.25. The third-order valence-electron chi connectivity index (χ3n) is 2.95. The summed E-state index contributed by atoms with van der Waals surface area (Å²) < 4.78 is 49.9. The van der Waals surface area contributed by atoms with Gasteiger partial charge in [0.1, 0.15) is 0 Å². The van der Waals surface area contributed by atoms with Crippen LogP contribution in [0.3, 0.4) is 0 Å². The van der Waals surface area contributed by atoms with E-state index in [0.29, 0.717) is 4.34 Å². The van der Waals surface area contributed by atoms with E-state index in [9.17, 15) is 16.8 Å². The minimum atomic E-state index is -3.78. The molecule has 5 nitrogen and oxygen atoms in total. The predicted molar refractivity (Wildman–Crippen MR) is 87.5 cm³/mol. The Morgan fingerprint density at radius 2 is 1.73 bits per heavy atom. The molecule has 0 bridgehead atoms. The van der Waals surface area contributed by atoms with E-state index in [0.717, 1.165) is 15.4 Å². The van der Waals surface area contributed by atoms with E-state index in [4.69, 9.17) is 11.6 Å². The van der Waals surface area contributed by atoms with Crippen LogP contribution in [0.15, 0.2) is 46.2 Å². The van der Waals surface area contributed by atoms with Crippen molar-refractivity contribution in [1.29, 1.82) is 0 Å². The first-order chi connectivity index (χ1) is 10.1. The first-order valence-corrected chi connectivity index (χ1v) is 10.6. The van der Waals surface area contributed by atoms with Gasteiger partial charge in [-0.1, -0.05) is 17.7 Å². The van der Waals surface area contributed by atoms with Crippen molar-refractivity contribution in [2.24, 2.45) is 0 Å². The Morgan fingerprint density at radius 3 is 2.27 bits per heavy atom. The molecular weight excluding hydrogens is 366 g/mol. The van der Waals surface area contributed by atoms with Gasteiger partial charge in [0.2, 0.25) is 10.0 Å². The van der Waals surface area contributed by atoms with Gasteiger partial charge in [0, 0.05) is 24.7 Å². The summed E-state index contributed by atoms with van der Waals surface area (Å²) in [6.07, 6.45) is 1.04. The fraction of sp³-hybridized carbons (Fsp3) is 0.231. The van der Waals surface area contributed by atoms with Crippen molar-refractivity contribution in [2.45, 2.75) is 16.3 Å². The van der Waals surface area contributed by atoms with Gasteiger partial charge < -0.3 is 0 Å². The van der Waals surface area contributed by atoms with Crippen molar-refractivity contribution in [3.05, 3.63) is 45.6 Å². The third-order valence-corrected chi connectivity index (χ3v) is 7.07. The van der Waals surface area contributed by atoms with Gasteiger partial charge in [-0.05, 0) is 30.3 Å². The molecule has 0 aliphatic carbocycles. The number of benzene rings is 1. The van der Waals surface area contributed by atoms with Crippen molar-refractivity contribution in [2.75, 3.05) is 13.3 Å². The lowest BCUT2D eigenvalue weighted by Crippen LogP contribution is -2.26. The highest BCUT2D eigenvalue weighted by atomic mass is 35.5. The van der Waals surface area contributed by atoms with Gasteiger partial charge in [-0.3, -0.25) is 0 Å². The standard InChI is InChI=1S/C13H14ClNO4S3/c1-15(9-10-6-7-13(14)20-10)22(18,19)12-5-3-4-11(8-12)21(2,16)17/h3-8H,9H2,1-2H3. The molecule has 9 heteroatoms. The van der Waals surface area contributed by atoms with Crippen molar-refractivity contribution < 1.29 is 16.8 Å². The van der Waals surface area contributed by atoms with Crippen LogP contribution in [0.2, 0.25) is 4.34 Å². The average Bonchev–Trinajstić information content (AvgIpc) is 2.83. The normalized spacial score (nSPS) is 12.7. The van der Waals surface area contributed by atoms with E-state index in [-0.39, 0.29) is 16.3 Å². The number of hydrogen-bond donors (Lipinski definition) is 0. The smallest absolute Gasteiger partial charge is 0.224 e. The van der Waals surface area contributed by atoms with Gasteiger partial charge in [-0.25, -0.2) is 16.8 Å². The summed E-state index contributed by atoms with van der Waals surface area (Å²) in [4.78, 5) is 0.720. The first-order valence-electron chi connectivity index (χ1n) is 6.11. The molecule has 22 heavy (non-hydrogen) atoms. The minimum absolute atomic E-state index is 0.0267. The van der Waals surface area contributed by atoms with Crippen molar-refractivity contribution >= 4 is 42.8 Å². The van der Waals surface area contributed by atoms with E-state index in [2.05, 4.69) is 0 Å². The predicted octanol–water partition coefficient (Wildman–Crippen LogP) is 2.63. The Hall–Kier alpha value is -0.930. The number of sulfone groups is 1. The summed E-state index contributed by atoms with van der Waals surface area (Å²) in [5.41, 5.74) is 0. The molecule has 0 aliphatic heterocycles. The van der Waals surface area contributed by atoms with Crippen LogP contribution in [-0.4, -0.2) is 34.4 Å². The molecule has 0 spiro atoms. The fourth-order valence-electron chi connectivity index (χ4n) is 1.79. The molecule has 1 aromatic heterocycles. The van der Waals surface area contributed by atoms with Gasteiger partial charge in [0.15, 0.2) is 9.84 Å². The lowest BCUT2D eigenvalue weighted by Gasteiger charge is -2.16. The van der Waals surface area contributed by atoms with Gasteiger partial charge in [-0.15, -0.1) is 11.3 Å². The number of nitrogens with zero attached hydrogens (tertiary/aromatic N) is 1. The maximum Gasteiger partial charge on any atom is 0.243 e. The summed E-state index contributed by atoms with van der Waals surface area (Å²) in [6.45, 7) is 0.169. The van der Waals surface area contributed by atoms with Crippen LogP contribution in [0.1, 0.15) is 4.88 Å². The molecule has 0 fully saturated rings. The Kier molecular flexibility index (Phi) is 4.98. The summed E-state index contributed by atoms with van der Waals surface area (Å²) >= 11 is 7.13. The molecule has 0 saturated heterocycles. The fourth-order valence-corrected chi connectivity index (χ4v) is 4.95. The van der Waals surface area contributed by atoms with Crippen LogP contribution in [0.25, 0.3) is 0 Å². The maximum absolute atomic E-state index is 12.5. The third kappa shape index (κ3) is 3.88. The van der Waals surface area contributed by atoms with Crippen LogP contribution in [-0.2, 0) is 26.4 Å². The minimum Gasteiger partial charge on any atom is -0.224 e. The molecule has 0 atom stereocenters. The zero-order valence-corrected chi connectivity index (χ0v) is 15.1. The summed E-state index contributed by atoms with van der Waals surface area (Å²) in [5.74, 6) is 0. The van der Waals surface area contributed by atoms with E-state index < -0.39 is 19.9 Å². The quantitative estimate of drug-likeness (QED) is 0.800. The van der Waals surface area contributed by atoms with Gasteiger partial charge in [-0.2, -0.15) is 4.31 Å². The Morgan fingerprint density at radius 1 is 1.09 bits per heavy atom. The molecule has 1 heterocycles. The van der Waals surface area contributed by atoms with Crippen molar-refractivity contribution in [3.63, 3.8) is 0 Å². The molecule has 0 radical (unpaired) electrons. The Balaban J connectivity index is 2.33. The van der Waals surface area contributed by atoms with Crippen LogP contribution in [0.4, 0.5) is 0 Å². The van der Waals surface area contributed by atoms with Crippen LogP contribution in [0.5, 0.6) is 0 Å². The number of rotatable bonds is 5. The Labute approximate surface area is 139 Å². The Bertz CT molecular complexity index is 888. The number of halogens is 1. The maximum atomic E-state index is 12.5. The highest BCUT2D eigenvalue weighted by molar-refractivity contribution is 7.91. The van der Waals surface area contributed by atoms with E-state index >= 15 is 0 Å². The topological polar surface area (TPSA) is 71.5 Å². The molecule has 0 N–H and O–H groups in total. The summed E-state index contributed by atoms with van der Waals surface area (Å²) in [5, 5.41) is 0. The first kappa shape index (κ1) is 17.4. The van der Waals surface area contributed by atoms with Gasteiger partial charge >= 0.3 is 0 Å². The number of hydrogen-bond acceptors (Lipinski definition) is 5. The van der Waals surface area contributed by atoms with E-state index in [1.165, 1.54) is 42.6 Å². The van der Waals surface area contributed by atoms with Gasteiger partial charge in [0.25, 0.3) is 0 Å². The molecule has 0 amide bonds. The second-order valence-corrected chi connectivity index (χ2v) is 10.6. The number of thiophene rings is 1. The van der Waals surface area contributed by atoms with Crippen LogP contribution in [0, 0.1) is 0 Å². The zero-order chi connectivity index (χ0) is 16.5. The second kappa shape index (κ2) is 6.29. The SMILES string of the molecule is CN(Cc1ccc(Cl)s1)S(=O)(=O)c1cccc(S(C)(=O)=O)c1. The largest absolute Gasteiger partial charge is 0.243 e. The van der Waals surface area contributed by atoms with Crippen LogP contribution < -0.4 is 0 Å². The highest BCUT2D eigenvalue weighted by Gasteiger charge is 2.23. The van der Waals surface area contributed by atoms with E-state index in [1.54, 1.807) is 12.1 Å². The lowest BCUT2D eigenvalue weighted by atomic mass is 10.4. The summed E-state index contributed by atoms with van der Waals surface area (Å²) in [7, 11) is -5.80. The molecule has 120 valence electrons. The number of sulfonamides is 1. The molecule has 2 rings (SSSR count). The molecule has 0 aliphatic rings. The van der Waals surface area contributed by atoms with Gasteiger partial charge in [0.05, 0.1) is 14.1 Å². The molecule has 2 aromatic rings. The van der Waals surface area contributed by atoms with E-state index in [1.807, 2.05) is 0 Å². The average molecular weight is 380 g/mol. The summed E-state index contributed by atoms with van der Waals surface area (Å²) in [6, 6.07) is 8.79. The van der Waals surface area contributed by atoms with Crippen molar-refractivity contribution in [1.82, 2.24) is 4.31 Å².